The van der Waals surface area contributed by atoms with Gasteiger partial charge in [0.25, 0.3) is 0 Å². The van der Waals surface area contributed by atoms with Gasteiger partial charge in [0.1, 0.15) is 21.5 Å². The zero-order chi connectivity index (χ0) is 31.3. The summed E-state index contributed by atoms with van der Waals surface area (Å²) in [5.74, 6) is 0. The molecular weight excluding hydrogens is 627 g/mol. The van der Waals surface area contributed by atoms with E-state index in [-0.39, 0.29) is 0 Å². The van der Waals surface area contributed by atoms with Gasteiger partial charge < -0.3 is 8.98 Å². The summed E-state index contributed by atoms with van der Waals surface area (Å²) in [4.78, 5) is 12.0. The minimum Gasteiger partial charge on any atom is -0.456 e. The van der Waals surface area contributed by atoms with E-state index in [1.165, 1.54) is 41.2 Å². The number of para-hydroxylation sites is 3. The average Bonchev–Trinajstić information content (AvgIpc) is 3.89. The largest absolute Gasteiger partial charge is 0.456 e. The molecular formula is C42H23N3OS2. The highest BCUT2D eigenvalue weighted by atomic mass is 32.1. The molecule has 0 radical (unpaired) electrons. The average molecular weight is 650 g/mol. The molecule has 11 rings (SSSR count). The van der Waals surface area contributed by atoms with Gasteiger partial charge in [0, 0.05) is 53.1 Å². The van der Waals surface area contributed by atoms with Crippen molar-refractivity contribution in [1.29, 1.82) is 0 Å². The number of thiophene rings is 2. The third-order valence-corrected chi connectivity index (χ3v) is 11.8. The zero-order valence-electron chi connectivity index (χ0n) is 25.3. The highest BCUT2D eigenvalue weighted by Crippen LogP contribution is 2.48. The summed E-state index contributed by atoms with van der Waals surface area (Å²) >= 11 is 3.55. The molecule has 5 aromatic heterocycles. The first-order valence-corrected chi connectivity index (χ1v) is 17.6. The van der Waals surface area contributed by atoms with Gasteiger partial charge in [-0.05, 0) is 36.4 Å². The van der Waals surface area contributed by atoms with Crippen LogP contribution in [0.1, 0.15) is 0 Å². The lowest BCUT2D eigenvalue weighted by Crippen LogP contribution is -1.97. The summed E-state index contributed by atoms with van der Waals surface area (Å²) in [5, 5.41) is 5.98. The minimum atomic E-state index is 0.892. The van der Waals surface area contributed by atoms with Crippen LogP contribution in [0.25, 0.3) is 102 Å². The summed E-state index contributed by atoms with van der Waals surface area (Å²) in [6, 6.07) is 49.0. The fourth-order valence-electron chi connectivity index (χ4n) is 7.35. The highest BCUT2D eigenvalue weighted by Gasteiger charge is 2.24. The number of hydrogen-bond donors (Lipinski definition) is 0. The molecule has 48 heavy (non-hydrogen) atoms. The smallest absolute Gasteiger partial charge is 0.145 e. The van der Waals surface area contributed by atoms with Gasteiger partial charge in [-0.25, -0.2) is 9.97 Å². The summed E-state index contributed by atoms with van der Waals surface area (Å²) in [7, 11) is 0. The Morgan fingerprint density at radius 2 is 1.23 bits per heavy atom. The lowest BCUT2D eigenvalue weighted by molar-refractivity contribution is 0.669. The van der Waals surface area contributed by atoms with Crippen molar-refractivity contribution in [2.75, 3.05) is 0 Å². The van der Waals surface area contributed by atoms with Crippen molar-refractivity contribution in [3.8, 4) is 28.2 Å². The minimum absolute atomic E-state index is 0.892. The fraction of sp³-hybridized carbons (Fsp3) is 0. The first-order valence-electron chi connectivity index (χ1n) is 15.9. The predicted molar refractivity (Wildman–Crippen MR) is 203 cm³/mol. The molecule has 0 aliphatic heterocycles. The summed E-state index contributed by atoms with van der Waals surface area (Å²) in [5.41, 5.74) is 10.1. The van der Waals surface area contributed by atoms with E-state index < -0.39 is 0 Å². The van der Waals surface area contributed by atoms with Crippen LogP contribution in [0.2, 0.25) is 0 Å². The number of furan rings is 1. The van der Waals surface area contributed by atoms with Crippen LogP contribution in [0, 0.1) is 0 Å². The Kier molecular flexibility index (Phi) is 5.39. The maximum atomic E-state index is 6.28. The van der Waals surface area contributed by atoms with Crippen molar-refractivity contribution in [1.82, 2.24) is 14.5 Å². The molecule has 5 heterocycles. The molecule has 0 spiro atoms. The molecule has 6 heteroatoms. The maximum Gasteiger partial charge on any atom is 0.145 e. The van der Waals surface area contributed by atoms with Gasteiger partial charge >= 0.3 is 0 Å². The SMILES string of the molecule is c1ccc(-c2nc3sc4c5ccccc5n(-c5ccccc5)c4c3nc2-c2cccc3c2sc2c3ccc3oc4ccccc4c32)cc1. The number of aromatic nitrogens is 3. The number of benzene rings is 6. The molecule has 0 bridgehead atoms. The van der Waals surface area contributed by atoms with Crippen molar-refractivity contribution in [3.05, 3.63) is 140 Å². The molecule has 6 aromatic carbocycles. The third kappa shape index (κ3) is 3.58. The van der Waals surface area contributed by atoms with Gasteiger partial charge in [0.15, 0.2) is 0 Å². The molecule has 0 fully saturated rings. The number of hydrogen-bond acceptors (Lipinski definition) is 5. The van der Waals surface area contributed by atoms with E-state index in [0.717, 1.165) is 60.6 Å². The van der Waals surface area contributed by atoms with E-state index in [4.69, 9.17) is 14.4 Å². The maximum absolute atomic E-state index is 6.28. The van der Waals surface area contributed by atoms with Crippen LogP contribution in [-0.2, 0) is 0 Å². The normalized spacial score (nSPS) is 12.2. The second kappa shape index (κ2) is 9.84. The molecule has 0 aliphatic carbocycles. The van der Waals surface area contributed by atoms with Gasteiger partial charge in [-0.3, -0.25) is 0 Å². The van der Waals surface area contributed by atoms with Gasteiger partial charge in [-0.15, -0.1) is 22.7 Å². The van der Waals surface area contributed by atoms with Gasteiger partial charge in [-0.2, -0.15) is 0 Å². The molecule has 4 nitrogen and oxygen atoms in total. The molecule has 0 amide bonds. The lowest BCUT2D eigenvalue weighted by atomic mass is 10.0. The zero-order valence-corrected chi connectivity index (χ0v) is 27.0. The van der Waals surface area contributed by atoms with Crippen LogP contribution in [0.3, 0.4) is 0 Å². The summed E-state index contributed by atoms with van der Waals surface area (Å²) in [6.07, 6.45) is 0. The third-order valence-electron chi connectivity index (χ3n) is 9.44. The molecule has 0 atom stereocenters. The number of rotatable bonds is 3. The van der Waals surface area contributed by atoms with E-state index in [9.17, 15) is 0 Å². The standard InChI is InChI=1S/C42H23N3OS2/c1-3-12-24(13-4-1)35-36(30-19-11-18-26-27-22-23-33-34(40(27)47-39(26)30)29-17-8-10-21-32(29)46-33)43-37-38-41(48-42(37)44-35)28-16-7-9-20-31(28)45(38)25-14-5-2-6-15-25/h1-23H. The van der Waals surface area contributed by atoms with Gasteiger partial charge in [0.2, 0.25) is 0 Å². The van der Waals surface area contributed by atoms with Gasteiger partial charge in [-0.1, -0.05) is 103 Å². The Morgan fingerprint density at radius 1 is 0.500 bits per heavy atom. The molecule has 0 N–H and O–H groups in total. The first-order chi connectivity index (χ1) is 23.8. The lowest BCUT2D eigenvalue weighted by Gasteiger charge is -2.11. The summed E-state index contributed by atoms with van der Waals surface area (Å²) < 4.78 is 12.3. The second-order valence-corrected chi connectivity index (χ2v) is 14.1. The van der Waals surface area contributed by atoms with Crippen LogP contribution in [0.4, 0.5) is 0 Å². The fourth-order valence-corrected chi connectivity index (χ4v) is 9.85. The topological polar surface area (TPSA) is 43.9 Å². The van der Waals surface area contributed by atoms with Crippen molar-refractivity contribution < 1.29 is 4.42 Å². The van der Waals surface area contributed by atoms with Crippen LogP contribution < -0.4 is 0 Å². The molecule has 11 aromatic rings. The van der Waals surface area contributed by atoms with E-state index >= 15 is 0 Å². The predicted octanol–water partition coefficient (Wildman–Crippen LogP) is 12.4. The summed E-state index contributed by atoms with van der Waals surface area (Å²) in [6.45, 7) is 0. The Morgan fingerprint density at radius 3 is 2.10 bits per heavy atom. The first kappa shape index (κ1) is 26.3. The Hall–Kier alpha value is -5.82. The van der Waals surface area contributed by atoms with Crippen LogP contribution in [0.5, 0.6) is 0 Å². The van der Waals surface area contributed by atoms with E-state index in [1.54, 1.807) is 11.3 Å². The van der Waals surface area contributed by atoms with E-state index in [1.807, 2.05) is 23.5 Å². The number of nitrogens with zero attached hydrogens (tertiary/aromatic N) is 3. The Bertz CT molecular complexity index is 3060. The van der Waals surface area contributed by atoms with Crippen molar-refractivity contribution in [2.45, 2.75) is 0 Å². The Labute approximate surface area is 281 Å². The number of fused-ring (bicyclic) bond motifs is 12. The molecule has 0 saturated carbocycles. The molecule has 224 valence electrons. The molecule has 0 aliphatic rings. The monoisotopic (exact) mass is 649 g/mol. The Balaban J connectivity index is 1.28. The quantitative estimate of drug-likeness (QED) is 0.191. The highest BCUT2D eigenvalue weighted by molar-refractivity contribution is 7.27. The molecule has 0 unspecified atom stereocenters. The van der Waals surface area contributed by atoms with Crippen molar-refractivity contribution in [2.24, 2.45) is 0 Å². The van der Waals surface area contributed by atoms with Crippen LogP contribution in [-0.4, -0.2) is 14.5 Å². The van der Waals surface area contributed by atoms with E-state index in [2.05, 4.69) is 132 Å². The molecule has 0 saturated heterocycles. The van der Waals surface area contributed by atoms with Crippen LogP contribution in [0.15, 0.2) is 144 Å². The second-order valence-electron chi connectivity index (χ2n) is 12.1. The van der Waals surface area contributed by atoms with Crippen molar-refractivity contribution in [3.63, 3.8) is 0 Å². The van der Waals surface area contributed by atoms with Crippen LogP contribution >= 0.6 is 22.7 Å². The van der Waals surface area contributed by atoms with Gasteiger partial charge in [0.05, 0.1) is 27.1 Å². The van der Waals surface area contributed by atoms with E-state index in [0.29, 0.717) is 0 Å². The van der Waals surface area contributed by atoms with Crippen molar-refractivity contribution >= 4 is 96.3 Å².